The molecular formula is C46H49N5O5. The van der Waals surface area contributed by atoms with Crippen LogP contribution in [0.5, 0.6) is 5.75 Å². The lowest BCUT2D eigenvalue weighted by molar-refractivity contribution is 0.0587. The molecule has 10 nitrogen and oxygen atoms in total. The van der Waals surface area contributed by atoms with Gasteiger partial charge in [0.05, 0.1) is 17.3 Å². The van der Waals surface area contributed by atoms with Gasteiger partial charge in [-0.05, 0) is 110 Å². The Balaban J connectivity index is 0.777. The highest BCUT2D eigenvalue weighted by atomic mass is 16.6. The van der Waals surface area contributed by atoms with Crippen molar-refractivity contribution in [3.8, 4) is 16.9 Å². The number of fused-ring (bicyclic) bond motifs is 1. The molecule has 0 saturated carbocycles. The number of phenolic OH excluding ortho intramolecular Hbond substituents is 1. The maximum absolute atomic E-state index is 12.8. The number of benzene rings is 5. The number of aliphatic hydroxyl groups excluding tert-OH is 1. The predicted octanol–water partition coefficient (Wildman–Crippen LogP) is 8.16. The summed E-state index contributed by atoms with van der Waals surface area (Å²) in [6, 6.07) is 41.0. The number of ether oxygens (including phenoxy) is 1. The number of piperidine rings is 1. The topological polar surface area (TPSA) is 139 Å². The number of carbonyl (C=O) groups excluding carboxylic acids is 1. The molecule has 7 rings (SSSR count). The zero-order valence-corrected chi connectivity index (χ0v) is 31.4. The van der Waals surface area contributed by atoms with Gasteiger partial charge in [0.2, 0.25) is 5.56 Å². The summed E-state index contributed by atoms with van der Waals surface area (Å²) in [7, 11) is 0. The van der Waals surface area contributed by atoms with Gasteiger partial charge in [-0.1, -0.05) is 78.9 Å². The van der Waals surface area contributed by atoms with Crippen LogP contribution in [0.3, 0.4) is 0 Å². The molecular weight excluding hydrogens is 703 g/mol. The Morgan fingerprint density at radius 3 is 2.21 bits per heavy atom. The smallest absolute Gasteiger partial charge is 0.411 e. The zero-order valence-electron chi connectivity index (χ0n) is 31.4. The molecule has 288 valence electrons. The summed E-state index contributed by atoms with van der Waals surface area (Å²) in [6.45, 7) is 3.89. The van der Waals surface area contributed by atoms with Gasteiger partial charge in [0.15, 0.2) is 0 Å². The molecule has 10 heteroatoms. The predicted molar refractivity (Wildman–Crippen MR) is 224 cm³/mol. The Morgan fingerprint density at radius 2 is 1.48 bits per heavy atom. The number of phenols is 1. The molecule has 1 aliphatic rings. The maximum Gasteiger partial charge on any atom is 0.411 e. The van der Waals surface area contributed by atoms with E-state index in [9.17, 15) is 19.8 Å². The number of amides is 1. The molecule has 0 radical (unpaired) electrons. The summed E-state index contributed by atoms with van der Waals surface area (Å²) in [5.74, 6) is -0.0224. The molecule has 0 spiro atoms. The second-order valence-electron chi connectivity index (χ2n) is 14.4. The number of pyridine rings is 1. The maximum atomic E-state index is 12.8. The second kappa shape index (κ2) is 18.6. The summed E-state index contributed by atoms with van der Waals surface area (Å²) >= 11 is 0. The SMILES string of the molecule is O=C(Nc1ccccc1-c1ccccc1)OC1CCN(CCCc2ccc(Nc3ccc(CCNC[C@H](O)c4ccc(O)c5[nH]c(=O)ccc45)cc3)cc2)CC1. The van der Waals surface area contributed by atoms with Crippen molar-refractivity contribution >= 4 is 34.1 Å². The second-order valence-corrected chi connectivity index (χ2v) is 14.4. The Hall–Kier alpha value is -5.94. The Bertz CT molecular complexity index is 2250. The van der Waals surface area contributed by atoms with Crippen LogP contribution in [0.4, 0.5) is 21.9 Å². The molecule has 1 saturated heterocycles. The van der Waals surface area contributed by atoms with Crippen molar-refractivity contribution in [2.75, 3.05) is 43.4 Å². The Kier molecular flexibility index (Phi) is 12.7. The number of aryl methyl sites for hydroxylation is 1. The number of likely N-dealkylation sites (tertiary alicyclic amines) is 1. The zero-order chi connectivity index (χ0) is 38.7. The van der Waals surface area contributed by atoms with Crippen molar-refractivity contribution in [1.82, 2.24) is 15.2 Å². The van der Waals surface area contributed by atoms with Gasteiger partial charge in [0, 0.05) is 48.0 Å². The lowest BCUT2D eigenvalue weighted by Crippen LogP contribution is -2.39. The standard InChI is InChI=1S/C46H49N5O5/c52-42-22-20-39(40-21-23-44(54)50-45(40)42)43(53)31-47-27-24-33-14-18-36(19-15-33)48-35-16-12-32(13-17-35)7-6-28-51-29-25-37(26-30-51)56-46(55)49-41-11-5-4-10-38(41)34-8-2-1-3-9-34/h1-5,8-23,37,43,47-48,52-53H,6-7,24-31H2,(H,49,55)(H,50,54)/t43-/m0/s1. The van der Waals surface area contributed by atoms with Crippen LogP contribution in [0.25, 0.3) is 22.0 Å². The van der Waals surface area contributed by atoms with E-state index in [4.69, 9.17) is 4.74 Å². The summed E-state index contributed by atoms with van der Waals surface area (Å²) in [5.41, 5.74) is 7.99. The minimum Gasteiger partial charge on any atom is -0.506 e. The molecule has 0 aliphatic carbocycles. The third kappa shape index (κ3) is 10.2. The normalized spacial score (nSPS) is 14.0. The fourth-order valence-corrected chi connectivity index (χ4v) is 7.32. The van der Waals surface area contributed by atoms with Crippen molar-refractivity contribution in [3.63, 3.8) is 0 Å². The van der Waals surface area contributed by atoms with E-state index in [1.165, 1.54) is 23.3 Å². The molecule has 2 heterocycles. The van der Waals surface area contributed by atoms with Crippen LogP contribution in [-0.2, 0) is 17.6 Å². The first kappa shape index (κ1) is 38.3. The molecule has 1 aromatic heterocycles. The number of hydrogen-bond acceptors (Lipinski definition) is 8. The molecule has 0 unspecified atom stereocenters. The molecule has 6 aromatic rings. The van der Waals surface area contributed by atoms with Crippen LogP contribution in [0.2, 0.25) is 0 Å². The molecule has 1 atom stereocenters. The highest BCUT2D eigenvalue weighted by Crippen LogP contribution is 2.30. The van der Waals surface area contributed by atoms with Crippen molar-refractivity contribution in [2.24, 2.45) is 0 Å². The van der Waals surface area contributed by atoms with E-state index in [0.29, 0.717) is 29.6 Å². The lowest BCUT2D eigenvalue weighted by atomic mass is 10.0. The number of hydrogen-bond donors (Lipinski definition) is 6. The van der Waals surface area contributed by atoms with Crippen molar-refractivity contribution < 1.29 is 19.7 Å². The number of H-pyrrole nitrogens is 1. The van der Waals surface area contributed by atoms with Crippen LogP contribution < -0.4 is 21.5 Å². The highest BCUT2D eigenvalue weighted by molar-refractivity contribution is 5.91. The lowest BCUT2D eigenvalue weighted by Gasteiger charge is -2.31. The van der Waals surface area contributed by atoms with Crippen molar-refractivity contribution in [3.05, 3.63) is 154 Å². The molecule has 56 heavy (non-hydrogen) atoms. The van der Waals surface area contributed by atoms with Gasteiger partial charge in [0.1, 0.15) is 11.9 Å². The number of aromatic nitrogens is 1. The van der Waals surface area contributed by atoms with E-state index in [0.717, 1.165) is 79.9 Å². The van der Waals surface area contributed by atoms with Crippen LogP contribution in [0, 0.1) is 0 Å². The number of carbonyl (C=O) groups is 1. The van der Waals surface area contributed by atoms with Crippen LogP contribution in [0.1, 0.15) is 42.1 Å². The number of nitrogens with one attached hydrogen (secondary N) is 4. The third-order valence-electron chi connectivity index (χ3n) is 10.4. The minimum atomic E-state index is -0.788. The van der Waals surface area contributed by atoms with Crippen LogP contribution in [-0.4, -0.2) is 65.0 Å². The minimum absolute atomic E-state index is 0.0224. The first-order valence-corrected chi connectivity index (χ1v) is 19.4. The van der Waals surface area contributed by atoms with Gasteiger partial charge < -0.3 is 35.5 Å². The van der Waals surface area contributed by atoms with Crippen molar-refractivity contribution in [1.29, 1.82) is 0 Å². The first-order chi connectivity index (χ1) is 27.4. The van der Waals surface area contributed by atoms with Gasteiger partial charge in [0.25, 0.3) is 0 Å². The van der Waals surface area contributed by atoms with Gasteiger partial charge in [-0.25, -0.2) is 4.79 Å². The fraction of sp³-hybridized carbons (Fsp3) is 0.261. The average Bonchev–Trinajstić information content (AvgIpc) is 3.22. The fourth-order valence-electron chi connectivity index (χ4n) is 7.32. The number of aromatic hydroxyl groups is 1. The van der Waals surface area contributed by atoms with E-state index < -0.39 is 12.2 Å². The van der Waals surface area contributed by atoms with E-state index in [1.807, 2.05) is 54.6 Å². The molecule has 0 bridgehead atoms. The van der Waals surface area contributed by atoms with E-state index in [1.54, 1.807) is 12.1 Å². The van der Waals surface area contributed by atoms with Crippen molar-refractivity contribution in [2.45, 2.75) is 44.3 Å². The quantitative estimate of drug-likeness (QED) is 0.0579. The van der Waals surface area contributed by atoms with Gasteiger partial charge in [-0.15, -0.1) is 0 Å². The number of anilines is 3. The highest BCUT2D eigenvalue weighted by Gasteiger charge is 2.22. The molecule has 1 aliphatic heterocycles. The molecule has 5 aromatic carbocycles. The van der Waals surface area contributed by atoms with E-state index in [-0.39, 0.29) is 17.4 Å². The van der Waals surface area contributed by atoms with Gasteiger partial charge >= 0.3 is 6.09 Å². The number of para-hydroxylation sites is 1. The van der Waals surface area contributed by atoms with E-state index >= 15 is 0 Å². The summed E-state index contributed by atoms with van der Waals surface area (Å²) in [4.78, 5) is 29.6. The summed E-state index contributed by atoms with van der Waals surface area (Å²) < 4.78 is 5.82. The van der Waals surface area contributed by atoms with Gasteiger partial charge in [-0.2, -0.15) is 0 Å². The first-order valence-electron chi connectivity index (χ1n) is 19.4. The summed E-state index contributed by atoms with van der Waals surface area (Å²) in [5, 5.41) is 31.3. The Morgan fingerprint density at radius 1 is 0.804 bits per heavy atom. The largest absolute Gasteiger partial charge is 0.506 e. The average molecular weight is 752 g/mol. The third-order valence-corrected chi connectivity index (χ3v) is 10.4. The van der Waals surface area contributed by atoms with Gasteiger partial charge in [-0.3, -0.25) is 10.1 Å². The van der Waals surface area contributed by atoms with Crippen LogP contribution >= 0.6 is 0 Å². The summed E-state index contributed by atoms with van der Waals surface area (Å²) in [6.07, 6.45) is 3.28. The Labute approximate surface area is 327 Å². The number of rotatable bonds is 15. The monoisotopic (exact) mass is 751 g/mol. The molecule has 6 N–H and O–H groups in total. The molecule has 1 fully saturated rings. The van der Waals surface area contributed by atoms with E-state index in [2.05, 4.69) is 74.4 Å². The number of aromatic amines is 1. The number of aliphatic hydroxyl groups is 1. The number of nitrogens with zero attached hydrogens (tertiary/aromatic N) is 1. The van der Waals surface area contributed by atoms with Crippen LogP contribution in [0.15, 0.2) is 132 Å². The molecule has 1 amide bonds.